The number of esters is 1. The number of methoxy groups -OCH3 is 1. The molecule has 3 aromatic rings. The molecule has 0 bridgehead atoms. The maximum atomic E-state index is 14.3. The zero-order valence-corrected chi connectivity index (χ0v) is 21.3. The number of ether oxygens (including phenoxy) is 2. The van der Waals surface area contributed by atoms with Crippen LogP contribution in [-0.4, -0.2) is 39.4 Å². The molecule has 1 atom stereocenters. The Hall–Kier alpha value is -4.74. The molecule has 1 unspecified atom stereocenters. The Bertz CT molecular complexity index is 1630. The van der Waals surface area contributed by atoms with E-state index in [4.69, 9.17) is 14.0 Å². The molecule has 2 aliphatic heterocycles. The molecule has 0 saturated carbocycles. The standard InChI is InChI=1S/C28H22F4N4O4/c1-3-12-39-16-8-9-17(19(13-16)28(30,31)32)22-14-24(40-35-22)25(27(37)38-2)36-11-10-21-23(15-36)34-26(33-21)18-6-4-5-7-20(18)29/h4-11,13-15,25H,3,12H2,1-2H3. The molecule has 0 N–H and O–H groups in total. The summed E-state index contributed by atoms with van der Waals surface area (Å²) in [4.78, 5) is 21.6. The van der Waals surface area contributed by atoms with Crippen LogP contribution in [0.4, 0.5) is 17.6 Å². The summed E-state index contributed by atoms with van der Waals surface area (Å²) in [6.07, 6.45) is -1.08. The van der Waals surface area contributed by atoms with E-state index in [1.54, 1.807) is 24.3 Å². The summed E-state index contributed by atoms with van der Waals surface area (Å²) < 4.78 is 73.1. The summed E-state index contributed by atoms with van der Waals surface area (Å²) in [6.45, 7) is 2.11. The van der Waals surface area contributed by atoms with Gasteiger partial charge in [0.1, 0.15) is 23.0 Å². The van der Waals surface area contributed by atoms with E-state index in [2.05, 4.69) is 15.1 Å². The van der Waals surface area contributed by atoms with E-state index < -0.39 is 29.6 Å². The van der Waals surface area contributed by atoms with Crippen molar-refractivity contribution in [1.82, 2.24) is 19.7 Å². The largest absolute Gasteiger partial charge is 0.494 e. The Morgan fingerprint density at radius 1 is 1.02 bits per heavy atom. The van der Waals surface area contributed by atoms with Gasteiger partial charge in [-0.25, -0.2) is 19.2 Å². The molecule has 0 spiro atoms. The van der Waals surface area contributed by atoms with Gasteiger partial charge in [0, 0.05) is 24.0 Å². The third-order valence-corrected chi connectivity index (χ3v) is 6.07. The van der Waals surface area contributed by atoms with Crippen LogP contribution < -0.4 is 4.74 Å². The van der Waals surface area contributed by atoms with Gasteiger partial charge in [0.15, 0.2) is 17.6 Å². The van der Waals surface area contributed by atoms with Gasteiger partial charge in [-0.05, 0) is 42.8 Å². The quantitative estimate of drug-likeness (QED) is 0.162. The van der Waals surface area contributed by atoms with Crippen LogP contribution >= 0.6 is 0 Å². The number of halogens is 4. The molecule has 0 radical (unpaired) electrons. The second-order valence-corrected chi connectivity index (χ2v) is 8.78. The molecule has 40 heavy (non-hydrogen) atoms. The molecule has 2 aliphatic rings. The van der Waals surface area contributed by atoms with Gasteiger partial charge in [-0.2, -0.15) is 13.2 Å². The van der Waals surface area contributed by atoms with Crippen molar-refractivity contribution < 1.29 is 36.4 Å². The van der Waals surface area contributed by atoms with Crippen LogP contribution in [0.5, 0.6) is 5.75 Å². The number of fused-ring (bicyclic) bond motifs is 1. The third-order valence-electron chi connectivity index (χ3n) is 6.07. The zero-order valence-electron chi connectivity index (χ0n) is 21.3. The molecule has 206 valence electrons. The fraction of sp³-hybridized carbons (Fsp3) is 0.214. The average Bonchev–Trinajstić information content (AvgIpc) is 3.59. The van der Waals surface area contributed by atoms with E-state index in [1.165, 1.54) is 48.3 Å². The third kappa shape index (κ3) is 5.24. The molecule has 0 amide bonds. The zero-order chi connectivity index (χ0) is 28.4. The van der Waals surface area contributed by atoms with Crippen LogP contribution in [0.1, 0.15) is 30.7 Å². The summed E-state index contributed by atoms with van der Waals surface area (Å²) in [5.74, 6) is -1.09. The minimum absolute atomic E-state index is 0.0699. The number of nitrogens with zero attached hydrogens (tertiary/aromatic N) is 4. The highest BCUT2D eigenvalue weighted by atomic mass is 19.4. The van der Waals surface area contributed by atoms with Gasteiger partial charge in [0.2, 0.25) is 0 Å². The Kier molecular flexibility index (Phi) is 7.24. The van der Waals surface area contributed by atoms with Crippen LogP contribution in [0.25, 0.3) is 34.0 Å². The maximum Gasteiger partial charge on any atom is 0.417 e. The van der Waals surface area contributed by atoms with Crippen LogP contribution in [0.15, 0.2) is 71.5 Å². The number of hydrogen-bond acceptors (Lipinski definition) is 7. The van der Waals surface area contributed by atoms with Crippen LogP contribution in [0.3, 0.4) is 0 Å². The van der Waals surface area contributed by atoms with Gasteiger partial charge in [-0.3, -0.25) is 0 Å². The molecule has 0 aliphatic carbocycles. The number of rotatable bonds is 8. The van der Waals surface area contributed by atoms with Gasteiger partial charge >= 0.3 is 12.1 Å². The first-order valence-corrected chi connectivity index (χ1v) is 12.2. The lowest BCUT2D eigenvalue weighted by Crippen LogP contribution is -2.21. The first-order chi connectivity index (χ1) is 19.2. The van der Waals surface area contributed by atoms with Gasteiger partial charge in [0.05, 0.1) is 30.5 Å². The van der Waals surface area contributed by atoms with E-state index in [-0.39, 0.29) is 40.8 Å². The van der Waals surface area contributed by atoms with E-state index in [9.17, 15) is 22.4 Å². The minimum Gasteiger partial charge on any atom is -0.494 e. The van der Waals surface area contributed by atoms with Gasteiger partial charge in [0.25, 0.3) is 0 Å². The predicted molar refractivity (Wildman–Crippen MR) is 135 cm³/mol. The van der Waals surface area contributed by atoms with E-state index in [1.807, 2.05) is 6.92 Å². The Morgan fingerprint density at radius 2 is 1.80 bits per heavy atom. The first-order valence-electron chi connectivity index (χ1n) is 12.2. The van der Waals surface area contributed by atoms with Gasteiger partial charge in [-0.1, -0.05) is 24.2 Å². The molecule has 0 saturated heterocycles. The number of imidazole rings is 1. The summed E-state index contributed by atoms with van der Waals surface area (Å²) in [5.41, 5.74) is -0.340. The van der Waals surface area contributed by atoms with Crippen LogP contribution in [0.2, 0.25) is 0 Å². The molecule has 3 heterocycles. The number of carbonyl (C=O) groups is 1. The number of alkyl halides is 3. The molecule has 8 nitrogen and oxygen atoms in total. The number of benzene rings is 2. The van der Waals surface area contributed by atoms with Gasteiger partial charge in [-0.15, -0.1) is 0 Å². The molecule has 1 aromatic heterocycles. The summed E-state index contributed by atoms with van der Waals surface area (Å²) in [7, 11) is 1.17. The monoisotopic (exact) mass is 554 g/mol. The SMILES string of the molecule is CCCOc1ccc(-c2cc(C(C(=O)OC)n3ccc4nc(-c5ccccc5F)nc-4c3)on2)c(C(F)(F)F)c1. The Labute approximate surface area is 225 Å². The molecular formula is C28H22F4N4O4. The van der Waals surface area contributed by atoms with E-state index >= 15 is 0 Å². The smallest absolute Gasteiger partial charge is 0.417 e. The fourth-order valence-corrected chi connectivity index (χ4v) is 4.18. The minimum atomic E-state index is -4.70. The van der Waals surface area contributed by atoms with Crippen molar-refractivity contribution in [1.29, 1.82) is 0 Å². The number of hydrogen-bond donors (Lipinski definition) is 0. The van der Waals surface area contributed by atoms with Crippen LogP contribution in [-0.2, 0) is 15.7 Å². The summed E-state index contributed by atoms with van der Waals surface area (Å²) >= 11 is 0. The lowest BCUT2D eigenvalue weighted by molar-refractivity contribution is -0.143. The predicted octanol–water partition coefficient (Wildman–Crippen LogP) is 6.41. The van der Waals surface area contributed by atoms with E-state index in [0.29, 0.717) is 17.8 Å². The van der Waals surface area contributed by atoms with Crippen molar-refractivity contribution in [3.8, 4) is 39.8 Å². The van der Waals surface area contributed by atoms with Crippen molar-refractivity contribution in [2.24, 2.45) is 0 Å². The molecule has 2 aromatic carbocycles. The number of pyridine rings is 1. The van der Waals surface area contributed by atoms with Crippen LogP contribution in [0, 0.1) is 5.82 Å². The lowest BCUT2D eigenvalue weighted by Gasteiger charge is -2.16. The summed E-state index contributed by atoms with van der Waals surface area (Å²) in [5, 5.41) is 3.82. The number of aromatic nitrogens is 4. The van der Waals surface area contributed by atoms with Crippen molar-refractivity contribution in [2.45, 2.75) is 25.6 Å². The second kappa shape index (κ2) is 10.8. The molecule has 0 fully saturated rings. The second-order valence-electron chi connectivity index (χ2n) is 8.78. The average molecular weight is 555 g/mol. The lowest BCUT2D eigenvalue weighted by atomic mass is 10.0. The highest BCUT2D eigenvalue weighted by Crippen LogP contribution is 2.40. The van der Waals surface area contributed by atoms with Crippen molar-refractivity contribution in [3.05, 3.63) is 84.1 Å². The first kappa shape index (κ1) is 26.9. The molecular weight excluding hydrogens is 532 g/mol. The van der Waals surface area contributed by atoms with Crippen molar-refractivity contribution in [3.63, 3.8) is 0 Å². The number of carbonyl (C=O) groups excluding carboxylic acids is 1. The van der Waals surface area contributed by atoms with Crippen molar-refractivity contribution >= 4 is 5.97 Å². The highest BCUT2D eigenvalue weighted by molar-refractivity contribution is 5.78. The molecule has 12 heteroatoms. The maximum absolute atomic E-state index is 14.3. The fourth-order valence-electron chi connectivity index (χ4n) is 4.18. The highest BCUT2D eigenvalue weighted by Gasteiger charge is 2.36. The van der Waals surface area contributed by atoms with E-state index in [0.717, 1.165) is 6.07 Å². The Balaban J connectivity index is 1.53. The van der Waals surface area contributed by atoms with Gasteiger partial charge < -0.3 is 18.6 Å². The van der Waals surface area contributed by atoms with Crippen molar-refractivity contribution in [2.75, 3.05) is 13.7 Å². The topological polar surface area (TPSA) is 92.3 Å². The normalized spacial score (nSPS) is 12.4. The summed E-state index contributed by atoms with van der Waals surface area (Å²) in [6, 6.07) is 11.2. The molecule has 5 rings (SSSR count). The Morgan fingerprint density at radius 3 is 2.52 bits per heavy atom.